The van der Waals surface area contributed by atoms with Crippen molar-refractivity contribution in [1.82, 2.24) is 9.97 Å². The Bertz CT molecular complexity index is 336. The van der Waals surface area contributed by atoms with Gasteiger partial charge in [-0.2, -0.15) is 0 Å². The molecule has 94 valence electrons. The molecule has 0 radical (unpaired) electrons. The first-order valence-electron chi connectivity index (χ1n) is 6.59. The Morgan fingerprint density at radius 2 is 2.18 bits per heavy atom. The molecule has 1 fully saturated rings. The molecule has 1 aromatic heterocycles. The van der Waals surface area contributed by atoms with Crippen molar-refractivity contribution in [2.75, 3.05) is 24.5 Å². The first-order valence-corrected chi connectivity index (χ1v) is 6.59. The number of anilines is 1. The van der Waals surface area contributed by atoms with Gasteiger partial charge in [0.15, 0.2) is 0 Å². The summed E-state index contributed by atoms with van der Waals surface area (Å²) in [4.78, 5) is 11.2. The van der Waals surface area contributed by atoms with Crippen molar-refractivity contribution in [3.63, 3.8) is 0 Å². The largest absolute Gasteiger partial charge is 0.341 e. The van der Waals surface area contributed by atoms with E-state index in [0.717, 1.165) is 50.8 Å². The van der Waals surface area contributed by atoms with Crippen LogP contribution in [0.5, 0.6) is 0 Å². The Balaban J connectivity index is 1.94. The summed E-state index contributed by atoms with van der Waals surface area (Å²) >= 11 is 0. The molecular weight excluding hydrogens is 212 g/mol. The zero-order chi connectivity index (χ0) is 12.1. The van der Waals surface area contributed by atoms with Crippen LogP contribution in [0.4, 0.5) is 5.95 Å². The monoisotopic (exact) mass is 234 g/mol. The lowest BCUT2D eigenvalue weighted by Gasteiger charge is -2.16. The Labute approximate surface area is 103 Å². The summed E-state index contributed by atoms with van der Waals surface area (Å²) in [6, 6.07) is 0. The van der Waals surface area contributed by atoms with Gasteiger partial charge in [-0.3, -0.25) is 0 Å². The fourth-order valence-corrected chi connectivity index (χ4v) is 2.41. The Morgan fingerprint density at radius 3 is 2.82 bits per heavy atom. The van der Waals surface area contributed by atoms with E-state index in [1.165, 1.54) is 12.0 Å². The summed E-state index contributed by atoms with van der Waals surface area (Å²) in [6.07, 6.45) is 8.47. The van der Waals surface area contributed by atoms with Gasteiger partial charge in [-0.15, -0.1) is 0 Å². The van der Waals surface area contributed by atoms with Crippen LogP contribution in [-0.4, -0.2) is 29.6 Å². The third-order valence-electron chi connectivity index (χ3n) is 3.37. The van der Waals surface area contributed by atoms with E-state index >= 15 is 0 Å². The van der Waals surface area contributed by atoms with E-state index in [1.54, 1.807) is 0 Å². The summed E-state index contributed by atoms with van der Waals surface area (Å²) in [6.45, 7) is 5.09. The van der Waals surface area contributed by atoms with E-state index in [1.807, 2.05) is 12.4 Å². The molecule has 0 bridgehead atoms. The molecule has 2 N–H and O–H groups in total. The van der Waals surface area contributed by atoms with Crippen LogP contribution >= 0.6 is 0 Å². The number of nitrogens with two attached hydrogens (primary N) is 1. The summed E-state index contributed by atoms with van der Waals surface area (Å²) in [7, 11) is 0. The lowest BCUT2D eigenvalue weighted by atomic mass is 10.1. The van der Waals surface area contributed by atoms with Crippen molar-refractivity contribution in [3.8, 4) is 0 Å². The maximum Gasteiger partial charge on any atom is 0.225 e. The molecule has 1 aliphatic heterocycles. The molecule has 4 heteroatoms. The molecule has 0 saturated carbocycles. The molecule has 0 aliphatic carbocycles. The van der Waals surface area contributed by atoms with Gasteiger partial charge in [0.1, 0.15) is 0 Å². The Morgan fingerprint density at radius 1 is 1.41 bits per heavy atom. The second-order valence-corrected chi connectivity index (χ2v) is 4.82. The lowest BCUT2D eigenvalue weighted by Crippen LogP contribution is -2.22. The number of aromatic nitrogens is 2. The van der Waals surface area contributed by atoms with E-state index in [0.29, 0.717) is 0 Å². The minimum absolute atomic E-state index is 0.721. The Hall–Kier alpha value is -1.16. The molecule has 2 heterocycles. The van der Waals surface area contributed by atoms with Gasteiger partial charge in [-0.25, -0.2) is 9.97 Å². The topological polar surface area (TPSA) is 55.0 Å². The second kappa shape index (κ2) is 5.96. The quantitative estimate of drug-likeness (QED) is 0.841. The highest BCUT2D eigenvalue weighted by atomic mass is 15.3. The van der Waals surface area contributed by atoms with E-state index < -0.39 is 0 Å². The van der Waals surface area contributed by atoms with Crippen molar-refractivity contribution >= 4 is 5.95 Å². The predicted molar refractivity (Wildman–Crippen MR) is 70.0 cm³/mol. The van der Waals surface area contributed by atoms with Crippen LogP contribution in [0.25, 0.3) is 0 Å². The fraction of sp³-hybridized carbons (Fsp3) is 0.692. The summed E-state index contributed by atoms with van der Waals surface area (Å²) in [5.41, 5.74) is 6.83. The normalized spacial score (nSPS) is 19.9. The first kappa shape index (κ1) is 12.3. The SMILES string of the molecule is CCCc1cnc(N2CCC(CCN)C2)nc1. The van der Waals surface area contributed by atoms with E-state index in [4.69, 9.17) is 5.73 Å². The van der Waals surface area contributed by atoms with Crippen LogP contribution in [0, 0.1) is 5.92 Å². The van der Waals surface area contributed by atoms with Crippen molar-refractivity contribution in [2.24, 2.45) is 11.7 Å². The maximum atomic E-state index is 5.60. The maximum absolute atomic E-state index is 5.60. The smallest absolute Gasteiger partial charge is 0.225 e. The van der Waals surface area contributed by atoms with Crippen molar-refractivity contribution in [2.45, 2.75) is 32.6 Å². The van der Waals surface area contributed by atoms with Crippen LogP contribution in [0.15, 0.2) is 12.4 Å². The predicted octanol–water partition coefficient (Wildman–Crippen LogP) is 1.60. The highest BCUT2D eigenvalue weighted by Crippen LogP contribution is 2.22. The third-order valence-corrected chi connectivity index (χ3v) is 3.37. The van der Waals surface area contributed by atoms with Gasteiger partial charge in [0.25, 0.3) is 0 Å². The number of hydrogen-bond acceptors (Lipinski definition) is 4. The van der Waals surface area contributed by atoms with Crippen LogP contribution in [-0.2, 0) is 6.42 Å². The molecule has 1 saturated heterocycles. The minimum atomic E-state index is 0.721. The molecule has 4 nitrogen and oxygen atoms in total. The first-order chi connectivity index (χ1) is 8.33. The van der Waals surface area contributed by atoms with Gasteiger partial charge in [0.05, 0.1) is 0 Å². The Kier molecular flexibility index (Phi) is 4.31. The molecule has 1 aliphatic rings. The van der Waals surface area contributed by atoms with Gasteiger partial charge in [-0.05, 0) is 37.3 Å². The summed E-state index contributed by atoms with van der Waals surface area (Å²) < 4.78 is 0. The number of aryl methyl sites for hydroxylation is 1. The molecule has 0 amide bonds. The zero-order valence-corrected chi connectivity index (χ0v) is 10.6. The summed E-state index contributed by atoms with van der Waals surface area (Å²) in [5, 5.41) is 0. The van der Waals surface area contributed by atoms with E-state index in [2.05, 4.69) is 21.8 Å². The van der Waals surface area contributed by atoms with Gasteiger partial charge < -0.3 is 10.6 Å². The standard InChI is InChI=1S/C13H22N4/c1-2-3-12-8-15-13(16-9-12)17-7-5-11(10-17)4-6-14/h8-9,11H,2-7,10,14H2,1H3. The lowest BCUT2D eigenvalue weighted by molar-refractivity contribution is 0.545. The number of hydrogen-bond donors (Lipinski definition) is 1. The average Bonchev–Trinajstić information content (AvgIpc) is 2.80. The molecule has 0 aromatic carbocycles. The van der Waals surface area contributed by atoms with E-state index in [9.17, 15) is 0 Å². The van der Waals surface area contributed by atoms with Gasteiger partial charge in [0, 0.05) is 25.5 Å². The number of rotatable bonds is 5. The highest BCUT2D eigenvalue weighted by molar-refractivity contribution is 5.31. The van der Waals surface area contributed by atoms with E-state index in [-0.39, 0.29) is 0 Å². The van der Waals surface area contributed by atoms with Crippen molar-refractivity contribution in [1.29, 1.82) is 0 Å². The van der Waals surface area contributed by atoms with Gasteiger partial charge in [0.2, 0.25) is 5.95 Å². The highest BCUT2D eigenvalue weighted by Gasteiger charge is 2.23. The van der Waals surface area contributed by atoms with Gasteiger partial charge >= 0.3 is 0 Å². The molecule has 2 rings (SSSR count). The molecule has 1 atom stereocenters. The van der Waals surface area contributed by atoms with Crippen LogP contribution < -0.4 is 10.6 Å². The number of nitrogens with zero attached hydrogens (tertiary/aromatic N) is 3. The summed E-state index contributed by atoms with van der Waals surface area (Å²) in [5.74, 6) is 1.60. The molecule has 17 heavy (non-hydrogen) atoms. The van der Waals surface area contributed by atoms with Crippen molar-refractivity contribution < 1.29 is 0 Å². The molecule has 1 aromatic rings. The second-order valence-electron chi connectivity index (χ2n) is 4.82. The van der Waals surface area contributed by atoms with Crippen LogP contribution in [0.1, 0.15) is 31.7 Å². The van der Waals surface area contributed by atoms with Crippen LogP contribution in [0.3, 0.4) is 0 Å². The van der Waals surface area contributed by atoms with Crippen LogP contribution in [0.2, 0.25) is 0 Å². The fourth-order valence-electron chi connectivity index (χ4n) is 2.41. The molecular formula is C13H22N4. The minimum Gasteiger partial charge on any atom is -0.341 e. The molecule has 1 unspecified atom stereocenters. The molecule has 0 spiro atoms. The van der Waals surface area contributed by atoms with Crippen molar-refractivity contribution in [3.05, 3.63) is 18.0 Å². The van der Waals surface area contributed by atoms with Gasteiger partial charge in [-0.1, -0.05) is 13.3 Å². The third kappa shape index (κ3) is 3.16. The average molecular weight is 234 g/mol. The zero-order valence-electron chi connectivity index (χ0n) is 10.6.